The molecule has 1 aromatic carbocycles. The number of anilines is 1. The number of rotatable bonds is 6. The van der Waals surface area contributed by atoms with Gasteiger partial charge in [-0.1, -0.05) is 30.3 Å². The predicted molar refractivity (Wildman–Crippen MR) is 130 cm³/mol. The van der Waals surface area contributed by atoms with Crippen LogP contribution in [-0.4, -0.2) is 62.7 Å². The number of piperidine rings is 1. The fourth-order valence-corrected chi connectivity index (χ4v) is 4.99. The first-order chi connectivity index (χ1) is 17.1. The van der Waals surface area contributed by atoms with Gasteiger partial charge in [-0.2, -0.15) is 0 Å². The molecule has 2 aromatic heterocycles. The van der Waals surface area contributed by atoms with Crippen LogP contribution >= 0.6 is 0 Å². The first-order valence-corrected chi connectivity index (χ1v) is 12.3. The quantitative estimate of drug-likeness (QED) is 0.580. The molecular formula is C26H31FN6O2. The highest BCUT2D eigenvalue weighted by atomic mass is 19.1. The lowest BCUT2D eigenvalue weighted by molar-refractivity contribution is -0.131. The molecular weight excluding hydrogens is 447 g/mol. The molecule has 2 aliphatic rings. The molecule has 4 heterocycles. The van der Waals surface area contributed by atoms with Crippen LogP contribution in [0, 0.1) is 12.7 Å². The Kier molecular flexibility index (Phi) is 7.03. The third-order valence-electron chi connectivity index (χ3n) is 6.90. The zero-order chi connectivity index (χ0) is 24.2. The van der Waals surface area contributed by atoms with E-state index >= 15 is 0 Å². The minimum absolute atomic E-state index is 0.122. The number of nitrogens with zero attached hydrogens (tertiary/aromatic N) is 5. The van der Waals surface area contributed by atoms with Crippen molar-refractivity contribution in [2.24, 2.45) is 0 Å². The number of ether oxygens (including phenoxy) is 1. The molecule has 184 valence electrons. The fourth-order valence-electron chi connectivity index (χ4n) is 4.99. The minimum atomic E-state index is -0.468. The van der Waals surface area contributed by atoms with E-state index in [-0.39, 0.29) is 23.7 Å². The van der Waals surface area contributed by atoms with E-state index in [0.717, 1.165) is 37.1 Å². The molecule has 3 aromatic rings. The zero-order valence-electron chi connectivity index (χ0n) is 20.0. The molecule has 35 heavy (non-hydrogen) atoms. The number of likely N-dealkylation sites (tertiary alicyclic amines) is 1. The predicted octanol–water partition coefficient (Wildman–Crippen LogP) is 3.78. The van der Waals surface area contributed by atoms with Gasteiger partial charge in [0.1, 0.15) is 11.5 Å². The van der Waals surface area contributed by atoms with Crippen LogP contribution in [0.15, 0.2) is 42.7 Å². The minimum Gasteiger partial charge on any atom is -0.381 e. The monoisotopic (exact) mass is 478 g/mol. The number of imidazole rings is 1. The number of amides is 1. The van der Waals surface area contributed by atoms with Gasteiger partial charge in [0.2, 0.25) is 11.9 Å². The van der Waals surface area contributed by atoms with Gasteiger partial charge in [0.05, 0.1) is 24.5 Å². The van der Waals surface area contributed by atoms with Crippen molar-refractivity contribution in [2.75, 3.05) is 31.6 Å². The summed E-state index contributed by atoms with van der Waals surface area (Å²) >= 11 is 0. The van der Waals surface area contributed by atoms with Gasteiger partial charge in [0, 0.05) is 38.4 Å². The molecule has 0 aliphatic carbocycles. The van der Waals surface area contributed by atoms with Crippen molar-refractivity contribution in [3.05, 3.63) is 59.9 Å². The third kappa shape index (κ3) is 5.35. The molecule has 0 radical (unpaired) electrons. The Morgan fingerprint density at radius 1 is 1.09 bits per heavy atom. The van der Waals surface area contributed by atoms with Gasteiger partial charge >= 0.3 is 0 Å². The first-order valence-electron chi connectivity index (χ1n) is 12.3. The molecule has 0 spiro atoms. The molecule has 8 nitrogen and oxygen atoms in total. The van der Waals surface area contributed by atoms with Gasteiger partial charge in [0.25, 0.3) is 0 Å². The number of hydrogen-bond donors (Lipinski definition) is 1. The molecule has 0 bridgehead atoms. The summed E-state index contributed by atoms with van der Waals surface area (Å²) in [5, 5.41) is 3.36. The highest BCUT2D eigenvalue weighted by Gasteiger charge is 2.26. The van der Waals surface area contributed by atoms with Gasteiger partial charge in [-0.15, -0.1) is 0 Å². The summed E-state index contributed by atoms with van der Waals surface area (Å²) in [5.41, 5.74) is 1.95. The number of hydrogen-bond acceptors (Lipinski definition) is 6. The normalized spacial score (nSPS) is 17.5. The average molecular weight is 479 g/mol. The summed E-state index contributed by atoms with van der Waals surface area (Å²) in [6.45, 7) is 4.66. The van der Waals surface area contributed by atoms with Crippen LogP contribution in [0.2, 0.25) is 0 Å². The molecule has 5 rings (SSSR count). The number of aryl methyl sites for hydroxylation is 1. The van der Waals surface area contributed by atoms with Crippen molar-refractivity contribution in [2.45, 2.75) is 51.1 Å². The van der Waals surface area contributed by atoms with Crippen molar-refractivity contribution in [3.63, 3.8) is 0 Å². The number of benzene rings is 1. The number of aromatic nitrogens is 4. The zero-order valence-corrected chi connectivity index (χ0v) is 20.0. The van der Waals surface area contributed by atoms with Crippen LogP contribution in [0.5, 0.6) is 0 Å². The summed E-state index contributed by atoms with van der Waals surface area (Å²) in [6.07, 6.45) is 6.64. The van der Waals surface area contributed by atoms with Crippen molar-refractivity contribution in [1.82, 2.24) is 24.4 Å². The van der Waals surface area contributed by atoms with Crippen LogP contribution in [0.25, 0.3) is 11.4 Å². The van der Waals surface area contributed by atoms with Crippen molar-refractivity contribution < 1.29 is 13.9 Å². The van der Waals surface area contributed by atoms with E-state index in [4.69, 9.17) is 4.74 Å². The van der Waals surface area contributed by atoms with E-state index in [9.17, 15) is 9.18 Å². The second-order valence-corrected chi connectivity index (χ2v) is 9.26. The fraction of sp³-hybridized carbons (Fsp3) is 0.462. The highest BCUT2D eigenvalue weighted by Crippen LogP contribution is 2.31. The lowest BCUT2D eigenvalue weighted by Crippen LogP contribution is -2.43. The summed E-state index contributed by atoms with van der Waals surface area (Å²) in [5.74, 6) is 0.914. The maximum absolute atomic E-state index is 14.8. The molecule has 1 amide bonds. The Morgan fingerprint density at radius 2 is 1.83 bits per heavy atom. The Hall–Kier alpha value is -3.33. The SMILES string of the molecule is Cc1ncc(-c2nc(NC3CCN(C(=O)Cc4ccccc4)CC3)ncc2F)n1C1CCOCC1. The van der Waals surface area contributed by atoms with Gasteiger partial charge in [-0.25, -0.2) is 19.3 Å². The van der Waals surface area contributed by atoms with Crippen molar-refractivity contribution >= 4 is 11.9 Å². The van der Waals surface area contributed by atoms with Crippen LogP contribution < -0.4 is 5.32 Å². The molecule has 9 heteroatoms. The molecule has 1 N–H and O–H groups in total. The smallest absolute Gasteiger partial charge is 0.226 e. The number of nitrogens with one attached hydrogen (secondary N) is 1. The number of carbonyl (C=O) groups is 1. The Bertz CT molecular complexity index is 1150. The molecule has 2 saturated heterocycles. The lowest BCUT2D eigenvalue weighted by atomic mass is 10.0. The van der Waals surface area contributed by atoms with Gasteiger partial charge in [-0.3, -0.25) is 4.79 Å². The second kappa shape index (κ2) is 10.5. The summed E-state index contributed by atoms with van der Waals surface area (Å²) in [4.78, 5) is 27.8. The summed E-state index contributed by atoms with van der Waals surface area (Å²) in [6, 6.07) is 10.1. The summed E-state index contributed by atoms with van der Waals surface area (Å²) < 4.78 is 22.4. The molecule has 0 saturated carbocycles. The van der Waals surface area contributed by atoms with Crippen LogP contribution in [0.4, 0.5) is 10.3 Å². The van der Waals surface area contributed by atoms with Gasteiger partial charge in [0.15, 0.2) is 5.82 Å². The Morgan fingerprint density at radius 3 is 2.57 bits per heavy atom. The molecule has 2 aliphatic heterocycles. The van der Waals surface area contributed by atoms with E-state index in [1.54, 1.807) is 6.20 Å². The Balaban J connectivity index is 1.24. The maximum atomic E-state index is 14.8. The second-order valence-electron chi connectivity index (χ2n) is 9.26. The highest BCUT2D eigenvalue weighted by molar-refractivity contribution is 5.78. The van der Waals surface area contributed by atoms with E-state index < -0.39 is 5.82 Å². The van der Waals surface area contributed by atoms with Crippen molar-refractivity contribution in [3.8, 4) is 11.4 Å². The number of carbonyl (C=O) groups excluding carboxylic acids is 1. The summed E-state index contributed by atoms with van der Waals surface area (Å²) in [7, 11) is 0. The maximum Gasteiger partial charge on any atom is 0.226 e. The van der Waals surface area contributed by atoms with E-state index in [1.807, 2.05) is 42.2 Å². The van der Waals surface area contributed by atoms with Crippen molar-refractivity contribution in [1.29, 1.82) is 0 Å². The molecule has 0 unspecified atom stereocenters. The van der Waals surface area contributed by atoms with Crippen LogP contribution in [0.1, 0.15) is 43.1 Å². The molecule has 0 atom stereocenters. The number of halogens is 1. The van der Waals surface area contributed by atoms with Gasteiger partial charge in [-0.05, 0) is 38.2 Å². The topological polar surface area (TPSA) is 85.2 Å². The first kappa shape index (κ1) is 23.4. The van der Waals surface area contributed by atoms with Crippen LogP contribution in [0.3, 0.4) is 0 Å². The average Bonchev–Trinajstić information content (AvgIpc) is 3.27. The third-order valence-corrected chi connectivity index (χ3v) is 6.90. The van der Waals surface area contributed by atoms with E-state index in [1.165, 1.54) is 6.20 Å². The van der Waals surface area contributed by atoms with Gasteiger partial charge < -0.3 is 19.5 Å². The molecule has 2 fully saturated rings. The largest absolute Gasteiger partial charge is 0.381 e. The Labute approximate surface area is 204 Å². The van der Waals surface area contributed by atoms with Crippen LogP contribution in [-0.2, 0) is 16.0 Å². The lowest BCUT2D eigenvalue weighted by Gasteiger charge is -2.32. The standard InChI is InChI=1S/C26H31FN6O2/c1-18-28-17-23(33(18)21-9-13-35-14-10-21)25-22(27)16-29-26(31-25)30-20-7-11-32(12-8-20)24(34)15-19-5-3-2-4-6-19/h2-6,16-17,20-21H,7-15H2,1H3,(H,29,30,31). The van der Waals surface area contributed by atoms with E-state index in [0.29, 0.717) is 44.4 Å². The van der Waals surface area contributed by atoms with E-state index in [2.05, 4.69) is 24.8 Å².